The minimum absolute atomic E-state index is 0.0463. The van der Waals surface area contributed by atoms with Gasteiger partial charge in [-0.3, -0.25) is 10.1 Å². The molecule has 0 aliphatic carbocycles. The predicted molar refractivity (Wildman–Crippen MR) is 105 cm³/mol. The lowest BCUT2D eigenvalue weighted by Crippen LogP contribution is -2.35. The number of benzene rings is 1. The van der Waals surface area contributed by atoms with Gasteiger partial charge in [-0.25, -0.2) is 14.8 Å². The summed E-state index contributed by atoms with van der Waals surface area (Å²) in [6.07, 6.45) is 3.35. The van der Waals surface area contributed by atoms with Crippen LogP contribution in [0.2, 0.25) is 0 Å². The van der Waals surface area contributed by atoms with Crippen molar-refractivity contribution in [3.63, 3.8) is 0 Å². The Morgan fingerprint density at radius 1 is 1.39 bits per heavy atom. The number of esters is 1. The average molecular weight is 385 g/mol. The zero-order valence-corrected chi connectivity index (χ0v) is 15.9. The number of aromatic nitrogens is 2. The van der Waals surface area contributed by atoms with Gasteiger partial charge in [-0.1, -0.05) is 19.1 Å². The van der Waals surface area contributed by atoms with Crippen LogP contribution in [0.25, 0.3) is 0 Å². The normalized spacial score (nSPS) is 16.5. The molecule has 0 spiro atoms. The van der Waals surface area contributed by atoms with Crippen LogP contribution in [-0.2, 0) is 4.74 Å². The molecule has 1 fully saturated rings. The van der Waals surface area contributed by atoms with Crippen LogP contribution in [0.5, 0.6) is 0 Å². The number of carbonyl (C=O) groups is 1. The first kappa shape index (κ1) is 19.5. The second-order valence-corrected chi connectivity index (χ2v) is 6.74. The first-order valence-electron chi connectivity index (χ1n) is 9.28. The molecule has 9 heteroatoms. The van der Waals surface area contributed by atoms with Crippen molar-refractivity contribution in [2.24, 2.45) is 5.92 Å². The Hall–Kier alpha value is -3.23. The van der Waals surface area contributed by atoms with E-state index in [-0.39, 0.29) is 23.7 Å². The zero-order valence-electron chi connectivity index (χ0n) is 15.9. The van der Waals surface area contributed by atoms with Gasteiger partial charge in [0.15, 0.2) is 0 Å². The average Bonchev–Trinajstić information content (AvgIpc) is 2.68. The molecule has 148 valence electrons. The number of carbonyl (C=O) groups excluding carboxylic acids is 1. The highest BCUT2D eigenvalue weighted by atomic mass is 16.6. The standard InChI is InChI=1S/C19H23N5O4/c1-3-28-19(25)14-8-4-5-9-15(14)22-17-16(24(26)27)18(21-12-20-17)23-10-6-7-13(2)11-23/h4-5,8-9,12-13H,3,6-7,10-11H2,1-2H3,(H,20,21,22). The Bertz CT molecular complexity index is 873. The van der Waals surface area contributed by atoms with Crippen LogP contribution in [0.4, 0.5) is 23.0 Å². The number of para-hydroxylation sites is 1. The maximum Gasteiger partial charge on any atom is 0.353 e. The summed E-state index contributed by atoms with van der Waals surface area (Å²) in [5.74, 6) is 0.268. The van der Waals surface area contributed by atoms with Gasteiger partial charge in [-0.2, -0.15) is 0 Å². The van der Waals surface area contributed by atoms with E-state index in [4.69, 9.17) is 4.74 Å². The highest BCUT2D eigenvalue weighted by Crippen LogP contribution is 2.36. The molecular formula is C19H23N5O4. The van der Waals surface area contributed by atoms with Crippen molar-refractivity contribution in [2.45, 2.75) is 26.7 Å². The molecule has 1 aromatic heterocycles. The number of ether oxygens (including phenoxy) is 1. The summed E-state index contributed by atoms with van der Waals surface area (Å²) >= 11 is 0. The number of hydrogen-bond donors (Lipinski definition) is 1. The van der Waals surface area contributed by atoms with E-state index >= 15 is 0 Å². The quantitative estimate of drug-likeness (QED) is 0.457. The van der Waals surface area contributed by atoms with Crippen LogP contribution in [0, 0.1) is 16.0 Å². The van der Waals surface area contributed by atoms with E-state index in [1.807, 2.05) is 4.90 Å². The van der Waals surface area contributed by atoms with Crippen molar-refractivity contribution in [1.82, 2.24) is 9.97 Å². The van der Waals surface area contributed by atoms with Crippen molar-refractivity contribution >= 4 is 29.0 Å². The third kappa shape index (κ3) is 4.19. The monoisotopic (exact) mass is 385 g/mol. The molecule has 3 rings (SSSR count). The summed E-state index contributed by atoms with van der Waals surface area (Å²) in [7, 11) is 0. The predicted octanol–water partition coefficient (Wildman–Crippen LogP) is 3.54. The molecule has 0 amide bonds. The lowest BCUT2D eigenvalue weighted by atomic mass is 10.0. The number of nitrogens with one attached hydrogen (secondary N) is 1. The molecule has 1 N–H and O–H groups in total. The summed E-state index contributed by atoms with van der Waals surface area (Å²) in [4.78, 5) is 33.7. The number of nitro groups is 1. The molecule has 2 heterocycles. The number of rotatable bonds is 6. The molecule has 1 aromatic carbocycles. The van der Waals surface area contributed by atoms with E-state index in [2.05, 4.69) is 22.2 Å². The number of piperidine rings is 1. The van der Waals surface area contributed by atoms with E-state index in [0.717, 1.165) is 12.8 Å². The molecule has 1 aliphatic heterocycles. The van der Waals surface area contributed by atoms with Crippen molar-refractivity contribution in [3.05, 3.63) is 46.3 Å². The fourth-order valence-electron chi connectivity index (χ4n) is 3.35. The van der Waals surface area contributed by atoms with E-state index in [1.165, 1.54) is 6.33 Å². The van der Waals surface area contributed by atoms with Crippen LogP contribution < -0.4 is 10.2 Å². The molecule has 1 unspecified atom stereocenters. The van der Waals surface area contributed by atoms with Crippen LogP contribution in [0.3, 0.4) is 0 Å². The number of hydrogen-bond acceptors (Lipinski definition) is 8. The van der Waals surface area contributed by atoms with Crippen LogP contribution in [-0.4, -0.2) is 40.6 Å². The first-order chi connectivity index (χ1) is 13.5. The van der Waals surface area contributed by atoms with Gasteiger partial charge in [0.05, 0.1) is 22.8 Å². The first-order valence-corrected chi connectivity index (χ1v) is 9.28. The van der Waals surface area contributed by atoms with Crippen molar-refractivity contribution in [2.75, 3.05) is 29.9 Å². The van der Waals surface area contributed by atoms with Crippen molar-refractivity contribution in [3.8, 4) is 0 Å². The molecule has 0 bridgehead atoms. The summed E-state index contributed by atoms with van der Waals surface area (Å²) in [5.41, 5.74) is 0.473. The molecule has 1 aliphatic rings. The Morgan fingerprint density at radius 2 is 2.18 bits per heavy atom. The summed E-state index contributed by atoms with van der Waals surface area (Å²) < 4.78 is 5.06. The SMILES string of the molecule is CCOC(=O)c1ccccc1Nc1ncnc(N2CCCC(C)C2)c1[N+](=O)[O-]. The fraction of sp³-hybridized carbons (Fsp3) is 0.421. The minimum Gasteiger partial charge on any atom is -0.462 e. The van der Waals surface area contributed by atoms with Gasteiger partial charge >= 0.3 is 11.7 Å². The van der Waals surface area contributed by atoms with E-state index in [9.17, 15) is 14.9 Å². The Kier molecular flexibility index (Phi) is 6.03. The minimum atomic E-state index is -0.507. The van der Waals surface area contributed by atoms with Crippen molar-refractivity contribution in [1.29, 1.82) is 0 Å². The number of anilines is 3. The molecule has 28 heavy (non-hydrogen) atoms. The summed E-state index contributed by atoms with van der Waals surface area (Å²) in [6.45, 7) is 5.49. The molecule has 1 atom stereocenters. The van der Waals surface area contributed by atoms with Crippen molar-refractivity contribution < 1.29 is 14.5 Å². The molecule has 9 nitrogen and oxygen atoms in total. The fourth-order valence-corrected chi connectivity index (χ4v) is 3.35. The van der Waals surface area contributed by atoms with Gasteiger partial charge in [0.2, 0.25) is 11.6 Å². The van der Waals surface area contributed by atoms with Gasteiger partial charge in [0.1, 0.15) is 6.33 Å². The van der Waals surface area contributed by atoms with Crippen LogP contribution in [0.1, 0.15) is 37.0 Å². The highest BCUT2D eigenvalue weighted by molar-refractivity contribution is 5.96. The number of nitrogens with zero attached hydrogens (tertiary/aromatic N) is 4. The van der Waals surface area contributed by atoms with Crippen LogP contribution in [0.15, 0.2) is 30.6 Å². The van der Waals surface area contributed by atoms with E-state index in [0.29, 0.717) is 30.5 Å². The van der Waals surface area contributed by atoms with Gasteiger partial charge < -0.3 is 15.0 Å². The van der Waals surface area contributed by atoms with Gasteiger partial charge in [0, 0.05) is 13.1 Å². The molecular weight excluding hydrogens is 362 g/mol. The Labute approximate surface area is 162 Å². The maximum atomic E-state index is 12.2. The van der Waals surface area contributed by atoms with E-state index < -0.39 is 10.9 Å². The topological polar surface area (TPSA) is 110 Å². The molecule has 0 radical (unpaired) electrons. The van der Waals surface area contributed by atoms with Gasteiger partial charge in [-0.05, 0) is 37.8 Å². The Morgan fingerprint density at radius 3 is 2.89 bits per heavy atom. The Balaban J connectivity index is 1.99. The lowest BCUT2D eigenvalue weighted by molar-refractivity contribution is -0.383. The van der Waals surface area contributed by atoms with E-state index in [1.54, 1.807) is 31.2 Å². The third-order valence-corrected chi connectivity index (χ3v) is 4.62. The molecule has 0 saturated carbocycles. The molecule has 2 aromatic rings. The second kappa shape index (κ2) is 8.64. The molecule has 1 saturated heterocycles. The second-order valence-electron chi connectivity index (χ2n) is 6.74. The lowest BCUT2D eigenvalue weighted by Gasteiger charge is -2.31. The van der Waals surface area contributed by atoms with Gasteiger partial charge in [0.25, 0.3) is 0 Å². The third-order valence-electron chi connectivity index (χ3n) is 4.62. The zero-order chi connectivity index (χ0) is 20.1. The maximum absolute atomic E-state index is 12.2. The largest absolute Gasteiger partial charge is 0.462 e. The van der Waals surface area contributed by atoms with Gasteiger partial charge in [-0.15, -0.1) is 0 Å². The van der Waals surface area contributed by atoms with Crippen LogP contribution >= 0.6 is 0 Å². The summed E-state index contributed by atoms with van der Waals surface area (Å²) in [5, 5.41) is 14.8. The smallest absolute Gasteiger partial charge is 0.353 e. The highest BCUT2D eigenvalue weighted by Gasteiger charge is 2.30. The summed E-state index contributed by atoms with van der Waals surface area (Å²) in [6, 6.07) is 6.68.